The van der Waals surface area contributed by atoms with E-state index in [4.69, 9.17) is 4.74 Å². The van der Waals surface area contributed by atoms with Crippen LogP contribution in [0.25, 0.3) is 0 Å². The summed E-state index contributed by atoms with van der Waals surface area (Å²) in [5, 5.41) is 2.98. The number of nitrogens with one attached hydrogen (secondary N) is 1. The lowest BCUT2D eigenvalue weighted by Crippen LogP contribution is -2.28. The van der Waals surface area contributed by atoms with Crippen molar-refractivity contribution in [3.63, 3.8) is 0 Å². The molecule has 0 aliphatic carbocycles. The van der Waals surface area contributed by atoms with Crippen LogP contribution in [0, 0.1) is 26.7 Å². The van der Waals surface area contributed by atoms with Crippen LogP contribution in [0.1, 0.15) is 23.1 Å². The number of amides is 2. The van der Waals surface area contributed by atoms with Crippen LogP contribution < -0.4 is 15.0 Å². The smallest absolute Gasteiger partial charge is 0.229 e. The Morgan fingerprint density at radius 1 is 1.12 bits per heavy atom. The van der Waals surface area contributed by atoms with Gasteiger partial charge in [0.2, 0.25) is 11.8 Å². The summed E-state index contributed by atoms with van der Waals surface area (Å²) >= 11 is 0. The Balaban J connectivity index is 1.78. The van der Waals surface area contributed by atoms with Crippen LogP contribution in [0.2, 0.25) is 0 Å². The Kier molecular flexibility index (Phi) is 4.98. The molecule has 3 rings (SSSR count). The Bertz CT molecular complexity index is 860. The number of methoxy groups -OCH3 is 1. The van der Waals surface area contributed by atoms with E-state index in [0.29, 0.717) is 12.3 Å². The molecule has 0 bridgehead atoms. The fraction of sp³-hybridized carbons (Fsp3) is 0.333. The van der Waals surface area contributed by atoms with Gasteiger partial charge in [-0.1, -0.05) is 18.2 Å². The summed E-state index contributed by atoms with van der Waals surface area (Å²) in [4.78, 5) is 26.9. The van der Waals surface area contributed by atoms with Gasteiger partial charge < -0.3 is 15.0 Å². The molecule has 1 fully saturated rings. The van der Waals surface area contributed by atoms with E-state index in [1.807, 2.05) is 57.2 Å². The molecule has 2 amide bonds. The van der Waals surface area contributed by atoms with Crippen LogP contribution >= 0.6 is 0 Å². The van der Waals surface area contributed by atoms with Crippen molar-refractivity contribution < 1.29 is 14.3 Å². The number of hydrogen-bond acceptors (Lipinski definition) is 3. The number of hydrogen-bond donors (Lipinski definition) is 1. The lowest BCUT2D eigenvalue weighted by Gasteiger charge is -2.20. The summed E-state index contributed by atoms with van der Waals surface area (Å²) in [5.41, 5.74) is 4.65. The number of nitrogens with zero attached hydrogens (tertiary/aromatic N) is 1. The minimum atomic E-state index is -0.382. The van der Waals surface area contributed by atoms with E-state index in [-0.39, 0.29) is 24.2 Å². The van der Waals surface area contributed by atoms with Gasteiger partial charge >= 0.3 is 0 Å². The standard InChI is InChI=1S/C21H24N2O3/c1-13-5-7-15(3)17(9-13)22-21(25)16-11-20(24)23(12-16)18-10-14(2)6-8-19(18)26-4/h5-10,16H,11-12H2,1-4H3,(H,22,25)/t16-/m0/s1. The highest BCUT2D eigenvalue weighted by atomic mass is 16.5. The molecule has 5 heteroatoms. The maximum absolute atomic E-state index is 12.7. The summed E-state index contributed by atoms with van der Waals surface area (Å²) in [6.45, 7) is 6.27. The molecule has 0 aromatic heterocycles. The Hall–Kier alpha value is -2.82. The van der Waals surface area contributed by atoms with E-state index in [1.54, 1.807) is 12.0 Å². The highest BCUT2D eigenvalue weighted by Crippen LogP contribution is 2.34. The number of carbonyl (C=O) groups is 2. The third-order valence-corrected chi connectivity index (χ3v) is 4.77. The predicted molar refractivity (Wildman–Crippen MR) is 103 cm³/mol. The van der Waals surface area contributed by atoms with Crippen molar-refractivity contribution in [2.45, 2.75) is 27.2 Å². The van der Waals surface area contributed by atoms with Crippen LogP contribution in [0.15, 0.2) is 36.4 Å². The Morgan fingerprint density at radius 2 is 1.81 bits per heavy atom. The van der Waals surface area contributed by atoms with E-state index in [2.05, 4.69) is 5.32 Å². The molecule has 0 radical (unpaired) electrons. The van der Waals surface area contributed by atoms with Gasteiger partial charge in [-0.25, -0.2) is 0 Å². The Morgan fingerprint density at radius 3 is 2.54 bits per heavy atom. The fourth-order valence-corrected chi connectivity index (χ4v) is 3.23. The molecule has 0 saturated carbocycles. The van der Waals surface area contributed by atoms with Crippen LogP contribution in [0.3, 0.4) is 0 Å². The van der Waals surface area contributed by atoms with Crippen molar-refractivity contribution in [1.82, 2.24) is 0 Å². The molecule has 2 aromatic carbocycles. The van der Waals surface area contributed by atoms with E-state index >= 15 is 0 Å². The minimum Gasteiger partial charge on any atom is -0.495 e. The first-order valence-electron chi connectivity index (χ1n) is 8.72. The second kappa shape index (κ2) is 7.20. The summed E-state index contributed by atoms with van der Waals surface area (Å²) in [5.74, 6) is 0.0725. The number of carbonyl (C=O) groups excluding carboxylic acids is 2. The normalized spacial score (nSPS) is 16.7. The van der Waals surface area contributed by atoms with Gasteiger partial charge in [-0.2, -0.15) is 0 Å². The highest BCUT2D eigenvalue weighted by molar-refractivity contribution is 6.04. The van der Waals surface area contributed by atoms with Crippen LogP contribution in [0.5, 0.6) is 5.75 Å². The molecule has 136 valence electrons. The first-order valence-corrected chi connectivity index (χ1v) is 8.72. The maximum atomic E-state index is 12.7. The summed E-state index contributed by atoms with van der Waals surface area (Å²) in [6, 6.07) is 11.6. The second-order valence-corrected chi connectivity index (χ2v) is 6.89. The van der Waals surface area contributed by atoms with Crippen molar-refractivity contribution >= 4 is 23.2 Å². The van der Waals surface area contributed by atoms with E-state index in [0.717, 1.165) is 28.1 Å². The van der Waals surface area contributed by atoms with E-state index in [1.165, 1.54) is 0 Å². The topological polar surface area (TPSA) is 58.6 Å². The molecule has 1 saturated heterocycles. The number of benzene rings is 2. The third-order valence-electron chi connectivity index (χ3n) is 4.77. The molecule has 1 atom stereocenters. The summed E-state index contributed by atoms with van der Waals surface area (Å²) in [6.07, 6.45) is 0.202. The summed E-state index contributed by atoms with van der Waals surface area (Å²) < 4.78 is 5.39. The zero-order valence-electron chi connectivity index (χ0n) is 15.6. The van der Waals surface area contributed by atoms with Crippen molar-refractivity contribution in [3.8, 4) is 5.75 Å². The molecule has 0 unspecified atom stereocenters. The first kappa shape index (κ1) is 18.0. The molecule has 26 heavy (non-hydrogen) atoms. The van der Waals surface area contributed by atoms with Gasteiger partial charge in [0.15, 0.2) is 0 Å². The quantitative estimate of drug-likeness (QED) is 0.914. The lowest BCUT2D eigenvalue weighted by atomic mass is 10.1. The molecule has 1 aliphatic rings. The monoisotopic (exact) mass is 352 g/mol. The van der Waals surface area contributed by atoms with Gasteiger partial charge in [-0.15, -0.1) is 0 Å². The fourth-order valence-electron chi connectivity index (χ4n) is 3.23. The van der Waals surface area contributed by atoms with Crippen molar-refractivity contribution in [1.29, 1.82) is 0 Å². The average Bonchev–Trinajstić information content (AvgIpc) is 3.00. The van der Waals surface area contributed by atoms with Crippen LogP contribution in [-0.2, 0) is 9.59 Å². The van der Waals surface area contributed by atoms with Crippen LogP contribution in [0.4, 0.5) is 11.4 Å². The van der Waals surface area contributed by atoms with Gasteiger partial charge in [0.05, 0.1) is 18.7 Å². The van der Waals surface area contributed by atoms with E-state index < -0.39 is 0 Å². The third kappa shape index (κ3) is 3.57. The van der Waals surface area contributed by atoms with Gasteiger partial charge in [0.25, 0.3) is 0 Å². The van der Waals surface area contributed by atoms with Crippen molar-refractivity contribution in [2.24, 2.45) is 5.92 Å². The molecule has 1 aliphatic heterocycles. The number of ether oxygens (including phenoxy) is 1. The summed E-state index contributed by atoms with van der Waals surface area (Å²) in [7, 11) is 1.58. The molecule has 0 spiro atoms. The van der Waals surface area contributed by atoms with Crippen LogP contribution in [-0.4, -0.2) is 25.5 Å². The van der Waals surface area contributed by atoms with Gasteiger partial charge in [-0.05, 0) is 55.7 Å². The van der Waals surface area contributed by atoms with Crippen molar-refractivity contribution in [2.75, 3.05) is 23.9 Å². The number of aryl methyl sites for hydroxylation is 3. The molecular formula is C21H24N2O3. The largest absolute Gasteiger partial charge is 0.495 e. The zero-order valence-corrected chi connectivity index (χ0v) is 15.6. The van der Waals surface area contributed by atoms with E-state index in [9.17, 15) is 9.59 Å². The molecule has 2 aromatic rings. The number of anilines is 2. The first-order chi connectivity index (χ1) is 12.4. The van der Waals surface area contributed by atoms with Gasteiger partial charge in [0, 0.05) is 18.7 Å². The second-order valence-electron chi connectivity index (χ2n) is 6.89. The highest BCUT2D eigenvalue weighted by Gasteiger charge is 2.36. The maximum Gasteiger partial charge on any atom is 0.229 e. The predicted octanol–water partition coefficient (Wildman–Crippen LogP) is 3.61. The van der Waals surface area contributed by atoms with Gasteiger partial charge in [0.1, 0.15) is 5.75 Å². The zero-order chi connectivity index (χ0) is 18.8. The lowest BCUT2D eigenvalue weighted by molar-refractivity contribution is -0.122. The molecule has 1 heterocycles. The minimum absolute atomic E-state index is 0.0602. The Labute approximate surface area is 154 Å². The van der Waals surface area contributed by atoms with Crippen molar-refractivity contribution in [3.05, 3.63) is 53.1 Å². The average molecular weight is 352 g/mol. The number of rotatable bonds is 4. The molecule has 1 N–H and O–H groups in total. The van der Waals surface area contributed by atoms with Gasteiger partial charge in [-0.3, -0.25) is 9.59 Å². The molecule has 5 nitrogen and oxygen atoms in total. The SMILES string of the molecule is COc1ccc(C)cc1N1C[C@@H](C(=O)Nc2cc(C)ccc2C)CC1=O. The molecular weight excluding hydrogens is 328 g/mol.